The van der Waals surface area contributed by atoms with E-state index in [0.717, 1.165) is 42.5 Å². The summed E-state index contributed by atoms with van der Waals surface area (Å²) in [6.07, 6.45) is 3.25. The number of nitrogens with one attached hydrogen (secondary N) is 2. The number of carbonyl (C=O) groups excluding carboxylic acids is 1. The third-order valence-electron chi connectivity index (χ3n) is 8.26. The first kappa shape index (κ1) is 29.2. The molecule has 43 heavy (non-hydrogen) atoms. The highest BCUT2D eigenvalue weighted by molar-refractivity contribution is 6.06. The molecular formula is C32H34F3N5O3. The number of benzene rings is 2. The van der Waals surface area contributed by atoms with Crippen molar-refractivity contribution in [1.82, 2.24) is 20.2 Å². The molecule has 1 saturated carbocycles. The first-order valence-corrected chi connectivity index (χ1v) is 14.7. The van der Waals surface area contributed by atoms with Crippen LogP contribution in [0.2, 0.25) is 0 Å². The average Bonchev–Trinajstić information content (AvgIpc) is 3.41. The number of halogens is 3. The third-order valence-corrected chi connectivity index (χ3v) is 8.26. The molecule has 1 unspecified atom stereocenters. The van der Waals surface area contributed by atoms with Crippen LogP contribution in [-0.4, -0.2) is 39.8 Å². The number of alkyl halides is 3. The number of rotatable bonds is 9. The van der Waals surface area contributed by atoms with Crippen LogP contribution in [-0.2, 0) is 9.53 Å². The smallest absolute Gasteiger partial charge is 0.407 e. The molecule has 2 aromatic carbocycles. The van der Waals surface area contributed by atoms with Crippen molar-refractivity contribution in [3.63, 3.8) is 0 Å². The van der Waals surface area contributed by atoms with Crippen molar-refractivity contribution in [3.8, 4) is 17.3 Å². The molecule has 4 aromatic rings. The summed E-state index contributed by atoms with van der Waals surface area (Å²) in [4.78, 5) is 17.6. The van der Waals surface area contributed by atoms with E-state index >= 15 is 0 Å². The van der Waals surface area contributed by atoms with E-state index in [1.54, 1.807) is 18.5 Å². The number of imidazole rings is 1. The van der Waals surface area contributed by atoms with Gasteiger partial charge in [0, 0.05) is 29.1 Å². The maximum absolute atomic E-state index is 14.5. The number of furan rings is 1. The topological polar surface area (TPSA) is 105 Å². The molecule has 3 heterocycles. The highest BCUT2D eigenvalue weighted by Gasteiger charge is 2.47. The number of ether oxygens (including phenoxy) is 1. The molecule has 1 saturated heterocycles. The number of hydrogen-bond donors (Lipinski definition) is 2. The van der Waals surface area contributed by atoms with Crippen LogP contribution in [0.3, 0.4) is 0 Å². The van der Waals surface area contributed by atoms with Gasteiger partial charge < -0.3 is 19.0 Å². The van der Waals surface area contributed by atoms with Gasteiger partial charge in [-0.25, -0.2) is 4.98 Å². The average molecular weight is 594 g/mol. The summed E-state index contributed by atoms with van der Waals surface area (Å²) in [7, 11) is 0. The fourth-order valence-corrected chi connectivity index (χ4v) is 5.75. The predicted molar refractivity (Wildman–Crippen MR) is 155 cm³/mol. The van der Waals surface area contributed by atoms with E-state index < -0.39 is 29.7 Å². The maximum atomic E-state index is 14.5. The van der Waals surface area contributed by atoms with Crippen molar-refractivity contribution in [2.24, 2.45) is 5.92 Å². The highest BCUT2D eigenvalue weighted by Crippen LogP contribution is 2.39. The lowest BCUT2D eigenvalue weighted by Gasteiger charge is -2.29. The fraction of sp³-hybridized carbons (Fsp3) is 0.469. The number of nitrogens with zero attached hydrogens (tertiary/aromatic N) is 3. The Morgan fingerprint density at radius 2 is 1.98 bits per heavy atom. The first-order chi connectivity index (χ1) is 20.5. The Labute approximate surface area is 247 Å². The Balaban J connectivity index is 1.29. The molecule has 1 aliphatic carbocycles. The zero-order valence-electron chi connectivity index (χ0n) is 24.1. The molecule has 3 atom stereocenters. The molecule has 1 amide bonds. The van der Waals surface area contributed by atoms with Crippen LogP contribution in [0, 0.1) is 17.2 Å². The van der Waals surface area contributed by atoms with Crippen LogP contribution in [0.25, 0.3) is 33.2 Å². The molecule has 8 nitrogen and oxygen atoms in total. The van der Waals surface area contributed by atoms with Crippen LogP contribution in [0.4, 0.5) is 13.2 Å². The normalized spacial score (nSPS) is 19.8. The maximum Gasteiger partial charge on any atom is 0.407 e. The minimum atomic E-state index is -4.68. The molecule has 2 aliphatic rings. The minimum Gasteiger partial charge on any atom is -0.456 e. The van der Waals surface area contributed by atoms with Crippen molar-refractivity contribution in [2.75, 3.05) is 6.61 Å². The van der Waals surface area contributed by atoms with Gasteiger partial charge in [-0.15, -0.1) is 0 Å². The van der Waals surface area contributed by atoms with Crippen molar-refractivity contribution >= 4 is 27.8 Å². The van der Waals surface area contributed by atoms with E-state index in [4.69, 9.17) is 9.15 Å². The van der Waals surface area contributed by atoms with Gasteiger partial charge in [-0.2, -0.15) is 18.4 Å². The van der Waals surface area contributed by atoms with Crippen molar-refractivity contribution in [3.05, 3.63) is 54.5 Å². The SMILES string of the molecule is CC(C)C[C@H](N[C@@H](c1ccc2c(c1)oc1ccc(-c3cn(C4CCCCO4)cn3)cc12)C(F)(F)F)C(=O)NC1(C#N)CC1. The molecular weight excluding hydrogens is 559 g/mol. The van der Waals surface area contributed by atoms with Gasteiger partial charge in [0.05, 0.1) is 24.1 Å². The number of amides is 1. The second-order valence-electron chi connectivity index (χ2n) is 12.1. The Morgan fingerprint density at radius 3 is 2.65 bits per heavy atom. The van der Waals surface area contributed by atoms with Gasteiger partial charge in [-0.05, 0) is 74.3 Å². The van der Waals surface area contributed by atoms with E-state index in [1.165, 1.54) is 12.1 Å². The van der Waals surface area contributed by atoms with Crippen LogP contribution in [0.1, 0.15) is 70.2 Å². The molecule has 0 radical (unpaired) electrons. The summed E-state index contributed by atoms with van der Waals surface area (Å²) in [5, 5.41) is 16.0. The quantitative estimate of drug-likeness (QED) is 0.218. The zero-order chi connectivity index (χ0) is 30.4. The number of nitriles is 1. The first-order valence-electron chi connectivity index (χ1n) is 14.7. The van der Waals surface area contributed by atoms with E-state index in [-0.39, 0.29) is 24.1 Å². The predicted octanol–water partition coefficient (Wildman–Crippen LogP) is 6.93. The van der Waals surface area contributed by atoms with Crippen LogP contribution in [0.15, 0.2) is 53.3 Å². The van der Waals surface area contributed by atoms with Crippen LogP contribution in [0.5, 0.6) is 0 Å². The summed E-state index contributed by atoms with van der Waals surface area (Å²) in [6, 6.07) is 8.86. The molecule has 226 valence electrons. The van der Waals surface area contributed by atoms with Crippen molar-refractivity contribution < 1.29 is 27.1 Å². The van der Waals surface area contributed by atoms with E-state index in [0.29, 0.717) is 29.4 Å². The standard InChI is InChI=1S/C32H34F3N5O3/c1-19(2)13-24(30(41)39-31(17-36)10-11-31)38-29(32(33,34)35)21-6-8-22-23-14-20(7-9-26(23)43-27(22)15-21)25-16-40(18-37-25)28-5-3-4-12-42-28/h6-9,14-16,18-19,24,28-29,38H,3-5,10-13H2,1-2H3,(H,39,41)/t24-,28?,29-/m0/s1. The Morgan fingerprint density at radius 1 is 1.16 bits per heavy atom. The van der Waals surface area contributed by atoms with Gasteiger partial charge in [0.15, 0.2) is 0 Å². The third kappa shape index (κ3) is 6.12. The number of fused-ring (bicyclic) bond motifs is 3. The van der Waals surface area contributed by atoms with Crippen molar-refractivity contribution in [2.45, 2.75) is 82.4 Å². The molecule has 2 N–H and O–H groups in total. The molecule has 0 spiro atoms. The number of hydrogen-bond acceptors (Lipinski definition) is 6. The molecule has 2 aromatic heterocycles. The fourth-order valence-electron chi connectivity index (χ4n) is 5.75. The Bertz CT molecular complexity index is 1670. The number of carbonyl (C=O) groups is 1. The summed E-state index contributed by atoms with van der Waals surface area (Å²) in [5.41, 5.74) is 1.45. The molecule has 6 rings (SSSR count). The largest absolute Gasteiger partial charge is 0.456 e. The van der Waals surface area contributed by atoms with E-state index in [2.05, 4.69) is 21.7 Å². The Hall–Kier alpha value is -3.88. The van der Waals surface area contributed by atoms with Gasteiger partial charge in [0.1, 0.15) is 29.0 Å². The monoisotopic (exact) mass is 593 g/mol. The molecule has 0 bridgehead atoms. The van der Waals surface area contributed by atoms with Gasteiger partial charge in [-0.1, -0.05) is 26.0 Å². The second kappa shape index (κ2) is 11.3. The van der Waals surface area contributed by atoms with Crippen molar-refractivity contribution in [1.29, 1.82) is 5.26 Å². The Kier molecular flexibility index (Phi) is 7.69. The van der Waals surface area contributed by atoms with Crippen LogP contribution >= 0.6 is 0 Å². The van der Waals surface area contributed by atoms with Gasteiger partial charge >= 0.3 is 6.18 Å². The lowest BCUT2D eigenvalue weighted by atomic mass is 9.98. The number of aromatic nitrogens is 2. The second-order valence-corrected chi connectivity index (χ2v) is 12.1. The summed E-state index contributed by atoms with van der Waals surface area (Å²) < 4.78 is 57.2. The zero-order valence-corrected chi connectivity index (χ0v) is 24.1. The summed E-state index contributed by atoms with van der Waals surface area (Å²) in [6.45, 7) is 4.40. The lowest BCUT2D eigenvalue weighted by Crippen LogP contribution is -2.52. The van der Waals surface area contributed by atoms with Gasteiger partial charge in [-0.3, -0.25) is 10.1 Å². The molecule has 2 fully saturated rings. The van der Waals surface area contributed by atoms with Crippen LogP contribution < -0.4 is 10.6 Å². The minimum absolute atomic E-state index is 0.0329. The van der Waals surface area contributed by atoms with E-state index in [1.807, 2.05) is 36.7 Å². The van der Waals surface area contributed by atoms with Gasteiger partial charge in [0.25, 0.3) is 0 Å². The van der Waals surface area contributed by atoms with Gasteiger partial charge in [0.2, 0.25) is 5.91 Å². The summed E-state index contributed by atoms with van der Waals surface area (Å²) >= 11 is 0. The molecule has 11 heteroatoms. The van der Waals surface area contributed by atoms with E-state index in [9.17, 15) is 23.2 Å². The lowest BCUT2D eigenvalue weighted by molar-refractivity contribution is -0.161. The summed E-state index contributed by atoms with van der Waals surface area (Å²) in [5.74, 6) is -0.653. The molecule has 1 aliphatic heterocycles. The highest BCUT2D eigenvalue weighted by atomic mass is 19.4.